The average Bonchev–Trinajstić information content (AvgIpc) is 3.18. The van der Waals surface area contributed by atoms with E-state index in [1.807, 2.05) is 26.0 Å². The van der Waals surface area contributed by atoms with Crippen LogP contribution in [0.2, 0.25) is 0 Å². The summed E-state index contributed by atoms with van der Waals surface area (Å²) in [5.74, 6) is 0.858. The predicted molar refractivity (Wildman–Crippen MR) is 104 cm³/mol. The zero-order chi connectivity index (χ0) is 19.7. The molecule has 4 rings (SSSR count). The van der Waals surface area contributed by atoms with Gasteiger partial charge in [-0.1, -0.05) is 22.3 Å². The van der Waals surface area contributed by atoms with Gasteiger partial charge in [0.25, 0.3) is 5.89 Å². The third kappa shape index (κ3) is 3.71. The zero-order valence-corrected chi connectivity index (χ0v) is 16.6. The van der Waals surface area contributed by atoms with Crippen molar-refractivity contribution in [3.05, 3.63) is 53.6 Å². The molecule has 2 heterocycles. The van der Waals surface area contributed by atoms with Crippen LogP contribution in [0.1, 0.15) is 11.1 Å². The Balaban J connectivity index is 1.59. The van der Waals surface area contributed by atoms with Crippen LogP contribution in [-0.2, 0) is 14.8 Å². The maximum absolute atomic E-state index is 12.7. The molecule has 0 unspecified atom stereocenters. The highest BCUT2D eigenvalue weighted by atomic mass is 32.2. The van der Waals surface area contributed by atoms with Crippen LogP contribution in [-0.4, -0.2) is 49.2 Å². The van der Waals surface area contributed by atoms with E-state index in [1.54, 1.807) is 24.3 Å². The first-order valence-electron chi connectivity index (χ1n) is 9.04. The van der Waals surface area contributed by atoms with Gasteiger partial charge in [-0.05, 0) is 50.2 Å². The van der Waals surface area contributed by atoms with Crippen LogP contribution in [0.3, 0.4) is 0 Å². The monoisotopic (exact) mass is 399 g/mol. The summed E-state index contributed by atoms with van der Waals surface area (Å²) in [6.07, 6.45) is 0. The van der Waals surface area contributed by atoms with Gasteiger partial charge in [-0.25, -0.2) is 8.42 Å². The average molecular weight is 399 g/mol. The lowest BCUT2D eigenvalue weighted by Crippen LogP contribution is -2.40. The predicted octanol–water partition coefficient (Wildman–Crippen LogP) is 3.04. The fraction of sp³-hybridized carbons (Fsp3) is 0.300. The maximum Gasteiger partial charge on any atom is 0.258 e. The summed E-state index contributed by atoms with van der Waals surface area (Å²) < 4.78 is 37.5. The molecule has 0 atom stereocenters. The third-order valence-corrected chi connectivity index (χ3v) is 6.53. The molecule has 1 aliphatic rings. The van der Waals surface area contributed by atoms with Crippen molar-refractivity contribution in [3.8, 4) is 22.8 Å². The van der Waals surface area contributed by atoms with Crippen LogP contribution in [0.25, 0.3) is 22.8 Å². The van der Waals surface area contributed by atoms with Gasteiger partial charge in [0.1, 0.15) is 0 Å². The van der Waals surface area contributed by atoms with E-state index in [-0.39, 0.29) is 4.90 Å². The second kappa shape index (κ2) is 7.46. The van der Waals surface area contributed by atoms with E-state index >= 15 is 0 Å². The number of aromatic nitrogens is 2. The SMILES string of the molecule is Cc1cc(C)cc(-c2nc(-c3ccc(S(=O)(=O)N4CCOCC4)cc3)no2)c1. The molecule has 3 aromatic rings. The lowest BCUT2D eigenvalue weighted by atomic mass is 10.1. The lowest BCUT2D eigenvalue weighted by molar-refractivity contribution is 0.0730. The highest BCUT2D eigenvalue weighted by Crippen LogP contribution is 2.25. The van der Waals surface area contributed by atoms with Crippen LogP contribution in [0, 0.1) is 13.8 Å². The maximum atomic E-state index is 12.7. The zero-order valence-electron chi connectivity index (χ0n) is 15.8. The Hall–Kier alpha value is -2.55. The van der Waals surface area contributed by atoms with Gasteiger partial charge >= 0.3 is 0 Å². The van der Waals surface area contributed by atoms with E-state index in [2.05, 4.69) is 16.2 Å². The van der Waals surface area contributed by atoms with Crippen LogP contribution >= 0.6 is 0 Å². The number of ether oxygens (including phenoxy) is 1. The second-order valence-electron chi connectivity index (χ2n) is 6.84. The summed E-state index contributed by atoms with van der Waals surface area (Å²) in [7, 11) is -3.52. The van der Waals surface area contributed by atoms with E-state index in [0.29, 0.717) is 43.6 Å². The molecule has 1 aliphatic heterocycles. The van der Waals surface area contributed by atoms with E-state index < -0.39 is 10.0 Å². The number of aryl methyl sites for hydroxylation is 2. The minimum Gasteiger partial charge on any atom is -0.379 e. The Morgan fingerprint density at radius 3 is 2.21 bits per heavy atom. The van der Waals surface area contributed by atoms with Crippen LogP contribution in [0.15, 0.2) is 51.9 Å². The molecule has 28 heavy (non-hydrogen) atoms. The number of hydrogen-bond acceptors (Lipinski definition) is 6. The molecule has 1 fully saturated rings. The Morgan fingerprint density at radius 1 is 0.929 bits per heavy atom. The Labute approximate surface area is 164 Å². The van der Waals surface area contributed by atoms with Gasteiger partial charge in [-0.15, -0.1) is 0 Å². The van der Waals surface area contributed by atoms with Crippen molar-refractivity contribution >= 4 is 10.0 Å². The number of nitrogens with zero attached hydrogens (tertiary/aromatic N) is 3. The number of rotatable bonds is 4. The van der Waals surface area contributed by atoms with Crippen molar-refractivity contribution in [1.29, 1.82) is 0 Å². The van der Waals surface area contributed by atoms with Crippen molar-refractivity contribution in [2.24, 2.45) is 0 Å². The van der Waals surface area contributed by atoms with Crippen molar-refractivity contribution < 1.29 is 17.7 Å². The number of benzene rings is 2. The first-order chi connectivity index (χ1) is 13.4. The van der Waals surface area contributed by atoms with E-state index in [9.17, 15) is 8.42 Å². The minimum atomic E-state index is -3.52. The first-order valence-corrected chi connectivity index (χ1v) is 10.5. The molecule has 1 saturated heterocycles. The molecule has 0 saturated carbocycles. The molecule has 8 heteroatoms. The van der Waals surface area contributed by atoms with Gasteiger partial charge in [0.15, 0.2) is 0 Å². The van der Waals surface area contributed by atoms with Crippen LogP contribution in [0.5, 0.6) is 0 Å². The molecule has 0 amide bonds. The molecule has 7 nitrogen and oxygen atoms in total. The molecule has 146 valence electrons. The summed E-state index contributed by atoms with van der Waals surface area (Å²) in [5, 5.41) is 4.04. The van der Waals surface area contributed by atoms with Gasteiger partial charge in [0.05, 0.1) is 18.1 Å². The second-order valence-corrected chi connectivity index (χ2v) is 8.78. The van der Waals surface area contributed by atoms with E-state index in [0.717, 1.165) is 16.7 Å². The fourth-order valence-corrected chi connectivity index (χ4v) is 4.68. The normalized spacial score (nSPS) is 15.6. The van der Waals surface area contributed by atoms with Gasteiger partial charge in [-0.2, -0.15) is 9.29 Å². The lowest BCUT2D eigenvalue weighted by Gasteiger charge is -2.26. The number of morpholine rings is 1. The van der Waals surface area contributed by atoms with Crippen molar-refractivity contribution in [2.45, 2.75) is 18.7 Å². The smallest absolute Gasteiger partial charge is 0.258 e. The number of hydrogen-bond donors (Lipinski definition) is 0. The summed E-state index contributed by atoms with van der Waals surface area (Å²) in [5.41, 5.74) is 3.79. The Morgan fingerprint density at radius 2 is 1.57 bits per heavy atom. The molecule has 2 aromatic carbocycles. The first kappa shape index (κ1) is 18.8. The van der Waals surface area contributed by atoms with Crippen molar-refractivity contribution in [3.63, 3.8) is 0 Å². The number of sulfonamides is 1. The molecule has 0 radical (unpaired) electrons. The highest BCUT2D eigenvalue weighted by molar-refractivity contribution is 7.89. The molecule has 1 aromatic heterocycles. The quantitative estimate of drug-likeness (QED) is 0.670. The summed E-state index contributed by atoms with van der Waals surface area (Å²) >= 11 is 0. The van der Waals surface area contributed by atoms with Crippen LogP contribution in [0.4, 0.5) is 0 Å². The summed E-state index contributed by atoms with van der Waals surface area (Å²) in [4.78, 5) is 4.71. The van der Waals surface area contributed by atoms with Gasteiger partial charge in [0, 0.05) is 24.2 Å². The van der Waals surface area contributed by atoms with Crippen molar-refractivity contribution in [1.82, 2.24) is 14.4 Å². The molecule has 0 N–H and O–H groups in total. The van der Waals surface area contributed by atoms with Gasteiger partial charge in [-0.3, -0.25) is 0 Å². The molecule has 0 spiro atoms. The Bertz CT molecular complexity index is 1060. The van der Waals surface area contributed by atoms with Crippen molar-refractivity contribution in [2.75, 3.05) is 26.3 Å². The van der Waals surface area contributed by atoms with E-state index in [4.69, 9.17) is 9.26 Å². The minimum absolute atomic E-state index is 0.246. The summed E-state index contributed by atoms with van der Waals surface area (Å²) in [6, 6.07) is 12.6. The van der Waals surface area contributed by atoms with Crippen LogP contribution < -0.4 is 0 Å². The third-order valence-electron chi connectivity index (χ3n) is 4.62. The molecular weight excluding hydrogens is 378 g/mol. The molecule has 0 aliphatic carbocycles. The van der Waals surface area contributed by atoms with E-state index in [1.165, 1.54) is 4.31 Å². The highest BCUT2D eigenvalue weighted by Gasteiger charge is 2.26. The fourth-order valence-electron chi connectivity index (χ4n) is 3.27. The topological polar surface area (TPSA) is 85.5 Å². The van der Waals surface area contributed by atoms with Gasteiger partial charge < -0.3 is 9.26 Å². The Kier molecular flexibility index (Phi) is 5.01. The standard InChI is InChI=1S/C20H21N3O4S/c1-14-11-15(2)13-17(12-14)20-21-19(22-27-20)16-3-5-18(6-4-16)28(24,25)23-7-9-26-10-8-23/h3-6,11-13H,7-10H2,1-2H3. The molecular formula is C20H21N3O4S. The summed E-state index contributed by atoms with van der Waals surface area (Å²) in [6.45, 7) is 5.61. The molecule has 0 bridgehead atoms. The van der Waals surface area contributed by atoms with Gasteiger partial charge in [0.2, 0.25) is 15.8 Å². The largest absolute Gasteiger partial charge is 0.379 e.